The summed E-state index contributed by atoms with van der Waals surface area (Å²) in [6.45, 7) is 12.0. The zero-order chi connectivity index (χ0) is 25.5. The van der Waals surface area contributed by atoms with Gasteiger partial charge in [0.1, 0.15) is 23.4 Å². The first-order valence-electron chi connectivity index (χ1n) is 10.8. The number of nitrogens with one attached hydrogen (secondary N) is 2. The van der Waals surface area contributed by atoms with Gasteiger partial charge < -0.3 is 31.1 Å². The number of alkyl carbamates (subject to hydrolysis) is 1. The Bertz CT molecular complexity index is 878. The largest absolute Gasteiger partial charge is 0.508 e. The smallest absolute Gasteiger partial charge is 0.408 e. The SMILES string of the molecule is CCN(C(=O)C(CC(N)=O)NC(=O)OC(C)(C)C)C(C(=O)NC(C)C)c1ccc(O)c(C)c1. The van der Waals surface area contributed by atoms with Gasteiger partial charge in [-0.25, -0.2) is 4.79 Å². The Hall–Kier alpha value is -3.30. The van der Waals surface area contributed by atoms with Gasteiger partial charge in [0.15, 0.2) is 0 Å². The molecule has 10 nitrogen and oxygen atoms in total. The summed E-state index contributed by atoms with van der Waals surface area (Å²) in [5, 5.41) is 15.1. The second kappa shape index (κ2) is 11.5. The normalized spacial score (nSPS) is 13.1. The van der Waals surface area contributed by atoms with E-state index in [0.29, 0.717) is 11.1 Å². The van der Waals surface area contributed by atoms with E-state index in [1.165, 1.54) is 11.0 Å². The van der Waals surface area contributed by atoms with Crippen molar-refractivity contribution in [1.82, 2.24) is 15.5 Å². The van der Waals surface area contributed by atoms with E-state index in [2.05, 4.69) is 10.6 Å². The van der Waals surface area contributed by atoms with Crippen LogP contribution in [-0.4, -0.2) is 58.1 Å². The maximum absolute atomic E-state index is 13.5. The van der Waals surface area contributed by atoms with E-state index in [1.807, 2.05) is 0 Å². The number of aryl methyl sites for hydroxylation is 1. The van der Waals surface area contributed by atoms with Crippen molar-refractivity contribution in [3.63, 3.8) is 0 Å². The van der Waals surface area contributed by atoms with Crippen LogP contribution in [0, 0.1) is 6.92 Å². The first-order valence-corrected chi connectivity index (χ1v) is 10.8. The molecule has 0 aliphatic carbocycles. The van der Waals surface area contributed by atoms with E-state index in [0.717, 1.165) is 0 Å². The summed E-state index contributed by atoms with van der Waals surface area (Å²) in [7, 11) is 0. The fourth-order valence-electron chi connectivity index (χ4n) is 3.20. The molecule has 1 aromatic rings. The summed E-state index contributed by atoms with van der Waals surface area (Å²) in [6.07, 6.45) is -1.36. The summed E-state index contributed by atoms with van der Waals surface area (Å²) >= 11 is 0. The molecular weight excluding hydrogens is 428 g/mol. The van der Waals surface area contributed by atoms with Gasteiger partial charge in [0.25, 0.3) is 0 Å². The molecule has 2 atom stereocenters. The Kier molecular flexibility index (Phi) is 9.69. The number of likely N-dealkylation sites (N-methyl/N-ethyl adjacent to an activating group) is 1. The maximum Gasteiger partial charge on any atom is 0.408 e. The minimum atomic E-state index is -1.33. The lowest BCUT2D eigenvalue weighted by atomic mass is 9.99. The minimum Gasteiger partial charge on any atom is -0.508 e. The summed E-state index contributed by atoms with van der Waals surface area (Å²) in [5.41, 5.74) is 5.49. The first kappa shape index (κ1) is 27.7. The number of benzene rings is 1. The zero-order valence-corrected chi connectivity index (χ0v) is 20.4. The standard InChI is InChI=1S/C23H36N4O6/c1-8-27(21(31)16(12-18(24)29)26-22(32)33-23(5,6)7)19(20(30)25-13(2)3)15-9-10-17(28)14(4)11-15/h9-11,13,16,19,28H,8,12H2,1-7H3,(H2,24,29)(H,25,30)(H,26,32). The number of aromatic hydroxyl groups is 1. The van der Waals surface area contributed by atoms with E-state index < -0.39 is 47.9 Å². The molecule has 1 aromatic carbocycles. The van der Waals surface area contributed by atoms with Crippen LogP contribution in [0.2, 0.25) is 0 Å². The van der Waals surface area contributed by atoms with E-state index >= 15 is 0 Å². The molecule has 0 heterocycles. The van der Waals surface area contributed by atoms with Crippen LogP contribution in [0.4, 0.5) is 4.79 Å². The van der Waals surface area contributed by atoms with Gasteiger partial charge in [0, 0.05) is 12.6 Å². The van der Waals surface area contributed by atoms with Gasteiger partial charge in [-0.1, -0.05) is 6.07 Å². The molecule has 33 heavy (non-hydrogen) atoms. The molecular formula is C23H36N4O6. The molecule has 10 heteroatoms. The second-order valence-corrected chi connectivity index (χ2v) is 9.11. The van der Waals surface area contributed by atoms with Gasteiger partial charge in [-0.15, -0.1) is 0 Å². The van der Waals surface area contributed by atoms with Gasteiger partial charge in [-0.3, -0.25) is 14.4 Å². The number of amides is 4. The number of carbonyl (C=O) groups excluding carboxylic acids is 4. The number of hydrogen-bond donors (Lipinski definition) is 4. The van der Waals surface area contributed by atoms with Gasteiger partial charge in [0.2, 0.25) is 17.7 Å². The molecule has 0 aromatic heterocycles. The van der Waals surface area contributed by atoms with E-state index in [4.69, 9.17) is 10.5 Å². The number of carbonyl (C=O) groups is 4. The number of nitrogens with zero attached hydrogens (tertiary/aromatic N) is 1. The van der Waals surface area contributed by atoms with Crippen LogP contribution in [0.25, 0.3) is 0 Å². The molecule has 184 valence electrons. The summed E-state index contributed by atoms with van der Waals surface area (Å²) in [6, 6.07) is 2.00. The summed E-state index contributed by atoms with van der Waals surface area (Å²) < 4.78 is 5.21. The number of rotatable bonds is 9. The minimum absolute atomic E-state index is 0.0503. The Morgan fingerprint density at radius 2 is 1.76 bits per heavy atom. The quantitative estimate of drug-likeness (QED) is 0.438. The molecule has 0 spiro atoms. The lowest BCUT2D eigenvalue weighted by Gasteiger charge is -2.34. The molecule has 0 saturated carbocycles. The van der Waals surface area contributed by atoms with Crippen molar-refractivity contribution in [3.8, 4) is 5.75 Å². The molecule has 0 fully saturated rings. The summed E-state index contributed by atoms with van der Waals surface area (Å²) in [5.74, 6) is -1.87. The molecule has 0 bridgehead atoms. The Labute approximate surface area is 194 Å². The number of primary amides is 1. The predicted molar refractivity (Wildman–Crippen MR) is 123 cm³/mol. The Morgan fingerprint density at radius 1 is 1.15 bits per heavy atom. The maximum atomic E-state index is 13.5. The molecule has 2 unspecified atom stereocenters. The van der Waals surface area contributed by atoms with Crippen molar-refractivity contribution in [2.45, 2.75) is 78.6 Å². The number of ether oxygens (including phenoxy) is 1. The van der Waals surface area contributed by atoms with Crippen molar-refractivity contribution >= 4 is 23.8 Å². The molecule has 0 aliphatic heterocycles. The van der Waals surface area contributed by atoms with Gasteiger partial charge in [-0.2, -0.15) is 0 Å². The molecule has 0 radical (unpaired) electrons. The topological polar surface area (TPSA) is 151 Å². The van der Waals surface area contributed by atoms with E-state index in [9.17, 15) is 24.3 Å². The van der Waals surface area contributed by atoms with Gasteiger partial charge in [-0.05, 0) is 71.7 Å². The average Bonchev–Trinajstić information content (AvgIpc) is 2.64. The third-order valence-corrected chi connectivity index (χ3v) is 4.55. The number of phenols is 1. The van der Waals surface area contributed by atoms with Gasteiger partial charge in [0.05, 0.1) is 6.42 Å². The summed E-state index contributed by atoms with van der Waals surface area (Å²) in [4.78, 5) is 51.8. The van der Waals surface area contributed by atoms with Gasteiger partial charge >= 0.3 is 6.09 Å². The monoisotopic (exact) mass is 464 g/mol. The number of hydrogen-bond acceptors (Lipinski definition) is 6. The molecule has 0 saturated heterocycles. The lowest BCUT2D eigenvalue weighted by Crippen LogP contribution is -2.54. The predicted octanol–water partition coefficient (Wildman–Crippen LogP) is 1.88. The van der Waals surface area contributed by atoms with E-state index in [1.54, 1.807) is 60.6 Å². The highest BCUT2D eigenvalue weighted by atomic mass is 16.6. The van der Waals surface area contributed by atoms with Crippen molar-refractivity contribution in [2.75, 3.05) is 6.54 Å². The van der Waals surface area contributed by atoms with Crippen LogP contribution in [0.1, 0.15) is 65.1 Å². The van der Waals surface area contributed by atoms with Crippen LogP contribution < -0.4 is 16.4 Å². The fraction of sp³-hybridized carbons (Fsp3) is 0.565. The van der Waals surface area contributed by atoms with Crippen LogP contribution in [0.15, 0.2) is 18.2 Å². The third-order valence-electron chi connectivity index (χ3n) is 4.55. The first-order chi connectivity index (χ1) is 15.2. The highest BCUT2D eigenvalue weighted by molar-refractivity contribution is 5.94. The molecule has 0 aliphatic rings. The van der Waals surface area contributed by atoms with Crippen LogP contribution in [0.5, 0.6) is 5.75 Å². The highest BCUT2D eigenvalue weighted by Crippen LogP contribution is 2.27. The molecule has 1 rings (SSSR count). The van der Waals surface area contributed by atoms with Crippen molar-refractivity contribution < 1.29 is 29.0 Å². The highest BCUT2D eigenvalue weighted by Gasteiger charge is 2.36. The van der Waals surface area contributed by atoms with Crippen LogP contribution in [-0.2, 0) is 19.1 Å². The van der Waals surface area contributed by atoms with Crippen molar-refractivity contribution in [1.29, 1.82) is 0 Å². The molecule has 4 amide bonds. The number of nitrogens with two attached hydrogens (primary N) is 1. The van der Waals surface area contributed by atoms with Crippen molar-refractivity contribution in [2.24, 2.45) is 5.73 Å². The third kappa shape index (κ3) is 8.63. The number of phenolic OH excluding ortho intramolecular Hbond substituents is 1. The lowest BCUT2D eigenvalue weighted by molar-refractivity contribution is -0.143. The Balaban J connectivity index is 3.40. The Morgan fingerprint density at radius 3 is 2.21 bits per heavy atom. The van der Waals surface area contributed by atoms with Crippen LogP contribution in [0.3, 0.4) is 0 Å². The van der Waals surface area contributed by atoms with E-state index in [-0.39, 0.29) is 18.3 Å². The molecule has 5 N–H and O–H groups in total. The second-order valence-electron chi connectivity index (χ2n) is 9.11. The van der Waals surface area contributed by atoms with Crippen LogP contribution >= 0.6 is 0 Å². The average molecular weight is 465 g/mol. The van der Waals surface area contributed by atoms with Crippen molar-refractivity contribution in [3.05, 3.63) is 29.3 Å². The zero-order valence-electron chi connectivity index (χ0n) is 20.4. The fourth-order valence-corrected chi connectivity index (χ4v) is 3.20.